The number of phenols is 1. The van der Waals surface area contributed by atoms with E-state index in [4.69, 9.17) is 4.74 Å². The Balaban J connectivity index is 1.27. The van der Waals surface area contributed by atoms with Gasteiger partial charge >= 0.3 is 0 Å². The van der Waals surface area contributed by atoms with E-state index in [1.165, 1.54) is 49.0 Å². The first-order chi connectivity index (χ1) is 17.5. The fourth-order valence-corrected chi connectivity index (χ4v) is 8.68. The fourth-order valence-electron chi connectivity index (χ4n) is 8.12. The van der Waals surface area contributed by atoms with Gasteiger partial charge in [-0.15, -0.1) is 0 Å². The highest BCUT2D eigenvalue weighted by Gasteiger charge is 2.58. The Labute approximate surface area is 223 Å². The maximum absolute atomic E-state index is 13.2. The number of ether oxygens (including phenoxy) is 1. The summed E-state index contributed by atoms with van der Waals surface area (Å²) in [6.07, 6.45) is 8.68. The maximum atomic E-state index is 13.2. The first-order valence-corrected chi connectivity index (χ1v) is 14.7. The summed E-state index contributed by atoms with van der Waals surface area (Å²) >= 11 is 3.67. The number of hydrogen-bond donors (Lipinski definition) is 1. The molecule has 5 atom stereocenters. The number of nitrogens with zero attached hydrogens (tertiary/aromatic N) is 1. The number of piperidine rings is 1. The van der Waals surface area contributed by atoms with Gasteiger partial charge in [0.2, 0.25) is 0 Å². The summed E-state index contributed by atoms with van der Waals surface area (Å²) < 4.78 is 6.97. The third-order valence-corrected chi connectivity index (χ3v) is 10.9. The number of rotatable bonds is 5. The molecule has 1 heterocycles. The van der Waals surface area contributed by atoms with Crippen molar-refractivity contribution in [2.24, 2.45) is 17.3 Å². The van der Waals surface area contributed by atoms with Crippen molar-refractivity contribution in [3.05, 3.63) is 57.6 Å². The van der Waals surface area contributed by atoms with Gasteiger partial charge < -0.3 is 9.84 Å². The quantitative estimate of drug-likeness (QED) is 0.442. The number of Topliss-reactive ketones (excluding diaryl/α,β-unsaturated/α-hetero) is 1. The summed E-state index contributed by atoms with van der Waals surface area (Å²) in [5.41, 5.74) is 3.71. The van der Waals surface area contributed by atoms with Gasteiger partial charge in [-0.3, -0.25) is 9.69 Å². The van der Waals surface area contributed by atoms with Gasteiger partial charge in [0, 0.05) is 18.4 Å². The largest absolute Gasteiger partial charge is 0.507 e. The van der Waals surface area contributed by atoms with Crippen LogP contribution in [-0.2, 0) is 11.2 Å². The number of carbonyl (C=O) groups is 1. The average molecular weight is 553 g/mol. The number of fused-ring (bicyclic) bond motifs is 5. The molecule has 0 spiro atoms. The van der Waals surface area contributed by atoms with Crippen molar-refractivity contribution >= 4 is 21.7 Å². The molecule has 0 bridgehead atoms. The molecule has 3 aliphatic carbocycles. The highest BCUT2D eigenvalue weighted by Crippen LogP contribution is 2.64. The Morgan fingerprint density at radius 3 is 2.61 bits per heavy atom. The Morgan fingerprint density at radius 2 is 1.83 bits per heavy atom. The molecule has 36 heavy (non-hydrogen) atoms. The topological polar surface area (TPSA) is 49.8 Å². The van der Waals surface area contributed by atoms with Crippen molar-refractivity contribution in [3.8, 4) is 11.5 Å². The summed E-state index contributed by atoms with van der Waals surface area (Å²) in [5.74, 6) is 3.35. The number of phenolic OH excluding ortho intramolecular Hbond substituents is 1. The molecule has 2 aromatic carbocycles. The molecule has 3 fully saturated rings. The van der Waals surface area contributed by atoms with Crippen LogP contribution in [0.4, 0.5) is 0 Å². The summed E-state index contributed by atoms with van der Waals surface area (Å²) in [5, 5.41) is 10.4. The van der Waals surface area contributed by atoms with Crippen LogP contribution in [0, 0.1) is 17.3 Å². The Morgan fingerprint density at radius 1 is 1.06 bits per heavy atom. The van der Waals surface area contributed by atoms with E-state index in [9.17, 15) is 9.90 Å². The van der Waals surface area contributed by atoms with Crippen LogP contribution in [-0.4, -0.2) is 42.0 Å². The van der Waals surface area contributed by atoms with Crippen molar-refractivity contribution in [3.63, 3.8) is 0 Å². The molecule has 0 amide bonds. The van der Waals surface area contributed by atoms with Crippen molar-refractivity contribution in [2.75, 3.05) is 26.2 Å². The minimum atomic E-state index is -0.221. The van der Waals surface area contributed by atoms with E-state index in [0.29, 0.717) is 29.3 Å². The normalized spacial score (nSPS) is 32.0. The van der Waals surface area contributed by atoms with Crippen molar-refractivity contribution in [2.45, 2.75) is 70.1 Å². The number of benzene rings is 2. The molecule has 0 aromatic heterocycles. The first kappa shape index (κ1) is 24.5. The zero-order valence-electron chi connectivity index (χ0n) is 21.3. The number of likely N-dealkylation sites (tertiary alicyclic amines) is 1. The molecule has 192 valence electrons. The second-order valence-electron chi connectivity index (χ2n) is 11.8. The summed E-state index contributed by atoms with van der Waals surface area (Å²) in [6, 6.07) is 12.7. The third-order valence-electron chi connectivity index (χ3n) is 9.97. The van der Waals surface area contributed by atoms with Crippen LogP contribution in [0.15, 0.2) is 40.9 Å². The predicted molar refractivity (Wildman–Crippen MR) is 146 cm³/mol. The van der Waals surface area contributed by atoms with Crippen molar-refractivity contribution in [1.29, 1.82) is 0 Å². The average Bonchev–Trinajstić information content (AvgIpc) is 3.20. The zero-order valence-corrected chi connectivity index (χ0v) is 22.9. The first-order valence-electron chi connectivity index (χ1n) is 13.9. The second kappa shape index (κ2) is 9.79. The van der Waals surface area contributed by atoms with Crippen LogP contribution in [0.5, 0.6) is 11.5 Å². The highest BCUT2D eigenvalue weighted by atomic mass is 79.9. The SMILES string of the molecule is C[C@]12C[C@H](c3ccc(OCCN4CCCCC4)cc3)[C@@H]3c4ccc(O)c(Br)c4CC[C@H]3[C@@H]1CCC2=O. The van der Waals surface area contributed by atoms with Gasteiger partial charge in [-0.1, -0.05) is 31.5 Å². The molecular formula is C31H38BrNO3. The van der Waals surface area contributed by atoms with Crippen LogP contribution < -0.4 is 4.74 Å². The number of ketones is 1. The minimum Gasteiger partial charge on any atom is -0.507 e. The molecule has 4 nitrogen and oxygen atoms in total. The zero-order chi connectivity index (χ0) is 24.9. The van der Waals surface area contributed by atoms with Gasteiger partial charge in [0.1, 0.15) is 23.9 Å². The van der Waals surface area contributed by atoms with Gasteiger partial charge in [-0.25, -0.2) is 0 Å². The van der Waals surface area contributed by atoms with Gasteiger partial charge in [0.25, 0.3) is 0 Å². The Bertz CT molecular complexity index is 1130. The summed E-state index contributed by atoms with van der Waals surface area (Å²) in [7, 11) is 0. The van der Waals surface area contributed by atoms with Crippen molar-refractivity contribution in [1.82, 2.24) is 4.90 Å². The Kier molecular flexibility index (Phi) is 6.66. The molecule has 4 aliphatic rings. The lowest BCUT2D eigenvalue weighted by Crippen LogP contribution is -2.46. The van der Waals surface area contributed by atoms with E-state index in [2.05, 4.69) is 58.1 Å². The van der Waals surface area contributed by atoms with Crippen LogP contribution in [0.25, 0.3) is 0 Å². The summed E-state index contributed by atoms with van der Waals surface area (Å²) in [6.45, 7) is 6.36. The Hall–Kier alpha value is -1.85. The van der Waals surface area contributed by atoms with Crippen molar-refractivity contribution < 1.29 is 14.6 Å². The molecule has 2 saturated carbocycles. The number of hydrogen-bond acceptors (Lipinski definition) is 4. The lowest BCUT2D eigenvalue weighted by Gasteiger charge is -2.52. The monoisotopic (exact) mass is 551 g/mol. The lowest BCUT2D eigenvalue weighted by molar-refractivity contribution is -0.130. The van der Waals surface area contributed by atoms with E-state index in [1.54, 1.807) is 0 Å². The smallest absolute Gasteiger partial charge is 0.139 e. The molecule has 1 saturated heterocycles. The number of aromatic hydroxyl groups is 1. The van der Waals surface area contributed by atoms with Crippen LogP contribution in [0.3, 0.4) is 0 Å². The van der Waals surface area contributed by atoms with E-state index in [1.807, 2.05) is 6.07 Å². The summed E-state index contributed by atoms with van der Waals surface area (Å²) in [4.78, 5) is 15.7. The van der Waals surface area contributed by atoms with E-state index in [-0.39, 0.29) is 11.3 Å². The van der Waals surface area contributed by atoms with Crippen LogP contribution in [0.2, 0.25) is 0 Å². The van der Waals surface area contributed by atoms with Gasteiger partial charge in [0.05, 0.1) is 4.47 Å². The predicted octanol–water partition coefficient (Wildman–Crippen LogP) is 6.84. The van der Waals surface area contributed by atoms with E-state index >= 15 is 0 Å². The van der Waals surface area contributed by atoms with E-state index < -0.39 is 0 Å². The molecule has 0 radical (unpaired) electrons. The fraction of sp³-hybridized carbons (Fsp3) is 0.581. The number of halogens is 1. The molecule has 1 N–H and O–H groups in total. The second-order valence-corrected chi connectivity index (χ2v) is 12.6. The molecule has 0 unspecified atom stereocenters. The standard InChI is InChI=1S/C31H38BrNO3/c1-31-19-25(20-5-7-21(8-6-20)36-18-17-33-15-3-2-4-16-33)29-22-11-13-27(34)30(32)23(22)9-10-24(29)26(31)12-14-28(31)35/h5-8,11,13,24-26,29,34H,2-4,9-10,12,14-19H2,1H3/t24-,25+,26-,29+,31-/m0/s1. The van der Waals surface area contributed by atoms with E-state index in [0.717, 1.165) is 55.5 Å². The van der Waals surface area contributed by atoms with Gasteiger partial charge in [-0.05, 0) is 126 Å². The van der Waals surface area contributed by atoms with Gasteiger partial charge in [0.15, 0.2) is 0 Å². The minimum absolute atomic E-state index is 0.221. The maximum Gasteiger partial charge on any atom is 0.139 e. The van der Waals surface area contributed by atoms with Gasteiger partial charge in [-0.2, -0.15) is 0 Å². The number of carbonyl (C=O) groups excluding carboxylic acids is 1. The molecular weight excluding hydrogens is 514 g/mol. The molecule has 1 aliphatic heterocycles. The van der Waals surface area contributed by atoms with Crippen LogP contribution >= 0.6 is 15.9 Å². The molecule has 5 heteroatoms. The lowest BCUT2D eigenvalue weighted by atomic mass is 9.51. The molecule has 6 rings (SSSR count). The highest BCUT2D eigenvalue weighted by molar-refractivity contribution is 9.10. The van der Waals surface area contributed by atoms with Crippen LogP contribution in [0.1, 0.15) is 80.4 Å². The third kappa shape index (κ3) is 4.20. The molecule has 2 aromatic rings.